The lowest BCUT2D eigenvalue weighted by molar-refractivity contribution is -0.0597. The number of nitrogens with one attached hydrogen (secondary N) is 1. The van der Waals surface area contributed by atoms with Crippen LogP contribution in [0.4, 0.5) is 0 Å². The van der Waals surface area contributed by atoms with Crippen LogP contribution in [0.5, 0.6) is 0 Å². The lowest BCUT2D eigenvalue weighted by atomic mass is 9.87. The smallest absolute Gasteiger partial charge is 0.0837 e. The van der Waals surface area contributed by atoms with Crippen molar-refractivity contribution in [3.05, 3.63) is 34.9 Å². The quantitative estimate of drug-likeness (QED) is 0.856. The van der Waals surface area contributed by atoms with E-state index in [2.05, 4.69) is 24.4 Å². The standard InChI is InChI=1S/C16H24ClNO/c1-3-19-16(9-4-5-10-16)15(18-2)12-13-7-6-8-14(17)11-13/h6-8,11,15,18H,3-5,9-10,12H2,1-2H3. The molecule has 0 amide bonds. The number of hydrogen-bond acceptors (Lipinski definition) is 2. The van der Waals surface area contributed by atoms with Gasteiger partial charge in [-0.1, -0.05) is 36.6 Å². The highest BCUT2D eigenvalue weighted by atomic mass is 35.5. The summed E-state index contributed by atoms with van der Waals surface area (Å²) in [6.07, 6.45) is 5.83. The van der Waals surface area contributed by atoms with E-state index in [1.165, 1.54) is 18.4 Å². The number of likely N-dealkylation sites (N-methyl/N-ethyl adjacent to an activating group) is 1. The molecule has 106 valence electrons. The molecule has 1 aliphatic carbocycles. The predicted octanol–water partition coefficient (Wildman–Crippen LogP) is 3.82. The maximum absolute atomic E-state index is 6.15. The van der Waals surface area contributed by atoms with Crippen LogP contribution in [-0.4, -0.2) is 25.3 Å². The average Bonchev–Trinajstić information content (AvgIpc) is 2.86. The average molecular weight is 282 g/mol. The minimum absolute atomic E-state index is 0.00577. The van der Waals surface area contributed by atoms with Crippen LogP contribution in [0.15, 0.2) is 24.3 Å². The summed E-state index contributed by atoms with van der Waals surface area (Å²) in [5.74, 6) is 0. The van der Waals surface area contributed by atoms with Crippen LogP contribution < -0.4 is 5.32 Å². The lowest BCUT2D eigenvalue weighted by Gasteiger charge is -2.37. The molecule has 1 saturated carbocycles. The molecule has 19 heavy (non-hydrogen) atoms. The largest absolute Gasteiger partial charge is 0.374 e. The molecule has 0 bridgehead atoms. The Morgan fingerprint density at radius 1 is 1.37 bits per heavy atom. The van der Waals surface area contributed by atoms with E-state index in [-0.39, 0.29) is 5.60 Å². The molecule has 1 aromatic rings. The van der Waals surface area contributed by atoms with Gasteiger partial charge in [0.05, 0.1) is 5.60 Å². The SMILES string of the molecule is CCOC1(C(Cc2cccc(Cl)c2)NC)CCCC1. The summed E-state index contributed by atoms with van der Waals surface area (Å²) in [5, 5.41) is 4.28. The Morgan fingerprint density at radius 3 is 2.68 bits per heavy atom. The molecule has 2 nitrogen and oxygen atoms in total. The second-order valence-corrected chi connectivity index (χ2v) is 5.82. The molecule has 0 spiro atoms. The van der Waals surface area contributed by atoms with Crippen molar-refractivity contribution < 1.29 is 4.74 Å². The fraction of sp³-hybridized carbons (Fsp3) is 0.625. The molecule has 0 aliphatic heterocycles. The summed E-state index contributed by atoms with van der Waals surface area (Å²) in [5.41, 5.74) is 1.28. The molecular weight excluding hydrogens is 258 g/mol. The van der Waals surface area contributed by atoms with Gasteiger partial charge in [0, 0.05) is 17.7 Å². The molecule has 1 fully saturated rings. The monoisotopic (exact) mass is 281 g/mol. The van der Waals surface area contributed by atoms with Crippen molar-refractivity contribution in [2.75, 3.05) is 13.7 Å². The molecular formula is C16H24ClNO. The zero-order valence-electron chi connectivity index (χ0n) is 11.9. The molecule has 1 aromatic carbocycles. The predicted molar refractivity (Wildman–Crippen MR) is 80.8 cm³/mol. The van der Waals surface area contributed by atoms with Gasteiger partial charge in [-0.15, -0.1) is 0 Å². The van der Waals surface area contributed by atoms with E-state index in [1.807, 2.05) is 19.2 Å². The first-order chi connectivity index (χ1) is 9.20. The van der Waals surface area contributed by atoms with Crippen LogP contribution in [0, 0.1) is 0 Å². The third-order valence-corrected chi connectivity index (χ3v) is 4.43. The molecule has 1 aliphatic rings. The Kier molecular flexibility index (Phi) is 5.26. The van der Waals surface area contributed by atoms with Gasteiger partial charge in [0.1, 0.15) is 0 Å². The topological polar surface area (TPSA) is 21.3 Å². The van der Waals surface area contributed by atoms with Gasteiger partial charge in [0.25, 0.3) is 0 Å². The Hall–Kier alpha value is -0.570. The van der Waals surface area contributed by atoms with E-state index in [0.717, 1.165) is 30.9 Å². The van der Waals surface area contributed by atoms with Crippen molar-refractivity contribution in [3.8, 4) is 0 Å². The van der Waals surface area contributed by atoms with Gasteiger partial charge in [0.15, 0.2) is 0 Å². The van der Waals surface area contributed by atoms with Crippen molar-refractivity contribution in [3.63, 3.8) is 0 Å². The third-order valence-electron chi connectivity index (χ3n) is 4.19. The van der Waals surface area contributed by atoms with Crippen LogP contribution >= 0.6 is 11.6 Å². The Morgan fingerprint density at radius 2 is 2.11 bits per heavy atom. The van der Waals surface area contributed by atoms with Crippen molar-refractivity contribution in [2.45, 2.75) is 50.7 Å². The Labute approximate surface area is 121 Å². The van der Waals surface area contributed by atoms with Gasteiger partial charge in [-0.2, -0.15) is 0 Å². The Balaban J connectivity index is 2.14. The van der Waals surface area contributed by atoms with Crippen LogP contribution in [0.1, 0.15) is 38.2 Å². The second kappa shape index (κ2) is 6.74. The van der Waals surface area contributed by atoms with E-state index in [1.54, 1.807) is 0 Å². The molecule has 1 unspecified atom stereocenters. The number of benzene rings is 1. The summed E-state index contributed by atoms with van der Waals surface area (Å²) >= 11 is 6.08. The zero-order valence-corrected chi connectivity index (χ0v) is 12.7. The minimum atomic E-state index is 0.00577. The maximum Gasteiger partial charge on any atom is 0.0837 e. The number of halogens is 1. The molecule has 2 rings (SSSR count). The normalized spacial score (nSPS) is 19.5. The number of rotatable bonds is 6. The van der Waals surface area contributed by atoms with Gasteiger partial charge >= 0.3 is 0 Å². The van der Waals surface area contributed by atoms with Gasteiger partial charge < -0.3 is 10.1 Å². The van der Waals surface area contributed by atoms with Crippen molar-refractivity contribution in [2.24, 2.45) is 0 Å². The molecule has 0 heterocycles. The van der Waals surface area contributed by atoms with Gasteiger partial charge in [0.2, 0.25) is 0 Å². The molecule has 1 N–H and O–H groups in total. The van der Waals surface area contributed by atoms with E-state index >= 15 is 0 Å². The van der Waals surface area contributed by atoms with Crippen molar-refractivity contribution in [1.82, 2.24) is 5.32 Å². The van der Waals surface area contributed by atoms with E-state index in [9.17, 15) is 0 Å². The fourth-order valence-corrected chi connectivity index (χ4v) is 3.52. The number of ether oxygens (including phenoxy) is 1. The van der Waals surface area contributed by atoms with Crippen molar-refractivity contribution >= 4 is 11.6 Å². The molecule has 3 heteroatoms. The zero-order chi connectivity index (χ0) is 13.7. The van der Waals surface area contributed by atoms with E-state index < -0.39 is 0 Å². The van der Waals surface area contributed by atoms with E-state index in [0.29, 0.717) is 6.04 Å². The second-order valence-electron chi connectivity index (χ2n) is 5.38. The van der Waals surface area contributed by atoms with Gasteiger partial charge in [-0.3, -0.25) is 0 Å². The van der Waals surface area contributed by atoms with Crippen LogP contribution in [-0.2, 0) is 11.2 Å². The molecule has 0 aromatic heterocycles. The Bertz CT molecular complexity index is 401. The highest BCUT2D eigenvalue weighted by Gasteiger charge is 2.41. The first kappa shape index (κ1) is 14.8. The first-order valence-corrected chi connectivity index (χ1v) is 7.63. The molecule has 0 radical (unpaired) electrons. The van der Waals surface area contributed by atoms with Gasteiger partial charge in [-0.25, -0.2) is 0 Å². The molecule has 0 saturated heterocycles. The van der Waals surface area contributed by atoms with Crippen LogP contribution in [0.2, 0.25) is 5.02 Å². The molecule has 1 atom stereocenters. The fourth-order valence-electron chi connectivity index (χ4n) is 3.31. The summed E-state index contributed by atoms with van der Waals surface area (Å²) in [4.78, 5) is 0. The summed E-state index contributed by atoms with van der Waals surface area (Å²) in [6, 6.07) is 8.50. The highest BCUT2D eigenvalue weighted by Crippen LogP contribution is 2.37. The first-order valence-electron chi connectivity index (χ1n) is 7.26. The minimum Gasteiger partial charge on any atom is -0.374 e. The number of hydrogen-bond donors (Lipinski definition) is 1. The maximum atomic E-state index is 6.15. The van der Waals surface area contributed by atoms with Gasteiger partial charge in [-0.05, 0) is 50.9 Å². The lowest BCUT2D eigenvalue weighted by Crippen LogP contribution is -2.51. The summed E-state index contributed by atoms with van der Waals surface area (Å²) in [6.45, 7) is 2.87. The van der Waals surface area contributed by atoms with E-state index in [4.69, 9.17) is 16.3 Å². The summed E-state index contributed by atoms with van der Waals surface area (Å²) in [7, 11) is 2.04. The third kappa shape index (κ3) is 3.50. The highest BCUT2D eigenvalue weighted by molar-refractivity contribution is 6.30. The van der Waals surface area contributed by atoms with Crippen molar-refractivity contribution in [1.29, 1.82) is 0 Å². The van der Waals surface area contributed by atoms with Crippen LogP contribution in [0.3, 0.4) is 0 Å². The van der Waals surface area contributed by atoms with Crippen LogP contribution in [0.25, 0.3) is 0 Å². The summed E-state index contributed by atoms with van der Waals surface area (Å²) < 4.78 is 6.15.